The number of hydrogen-bond acceptors (Lipinski definition) is 5. The predicted molar refractivity (Wildman–Crippen MR) is 298 cm³/mol. The molecule has 4 unspecified atom stereocenters. The van der Waals surface area contributed by atoms with Gasteiger partial charge in [0.15, 0.2) is 0 Å². The van der Waals surface area contributed by atoms with Crippen LogP contribution in [0, 0.1) is 0 Å². The molecule has 0 radical (unpaired) electrons. The van der Waals surface area contributed by atoms with Crippen LogP contribution in [0.25, 0.3) is 0 Å². The number of carbonyl (C=O) groups is 1. The van der Waals surface area contributed by atoms with Gasteiger partial charge in [0.25, 0.3) is 0 Å². The highest BCUT2D eigenvalue weighted by Crippen LogP contribution is 2.19. The average Bonchev–Trinajstić information content (AvgIpc) is 3.34. The summed E-state index contributed by atoms with van der Waals surface area (Å²) < 4.78 is 0. The molecule has 406 valence electrons. The van der Waals surface area contributed by atoms with Gasteiger partial charge in [0, 0.05) is 0 Å². The molecule has 4 atom stereocenters. The zero-order chi connectivity index (χ0) is 49.5. The van der Waals surface area contributed by atoms with E-state index in [-0.39, 0.29) is 0 Å². The van der Waals surface area contributed by atoms with Crippen LogP contribution >= 0.6 is 0 Å². The Hall–Kier alpha value is -0.950. The van der Waals surface area contributed by atoms with Gasteiger partial charge in [0.1, 0.15) is 12.2 Å². The number of rotatable bonds is 58. The maximum atomic E-state index is 12.6. The molecule has 0 saturated heterocycles. The first-order chi connectivity index (χ1) is 33.5. The second kappa shape index (κ2) is 57.0. The van der Waals surface area contributed by atoms with Crippen LogP contribution in [0.2, 0.25) is 0 Å². The molecule has 0 aliphatic carbocycles. The van der Waals surface area contributed by atoms with Crippen molar-refractivity contribution >= 4 is 5.91 Å². The quantitative estimate of drug-likeness (QED) is 0.0308. The molecule has 5 N–H and O–H groups in total. The second-order valence-electron chi connectivity index (χ2n) is 21.8. The minimum Gasteiger partial charge on any atom is -0.394 e. The first-order valence-electron chi connectivity index (χ1n) is 31.1. The summed E-state index contributed by atoms with van der Waals surface area (Å²) in [5, 5.41) is 44.0. The molecule has 0 saturated carbocycles. The number of hydrogen-bond donors (Lipinski definition) is 5. The van der Waals surface area contributed by atoms with E-state index in [0.29, 0.717) is 12.8 Å². The second-order valence-corrected chi connectivity index (χ2v) is 21.8. The Labute approximate surface area is 425 Å². The van der Waals surface area contributed by atoms with Crippen molar-refractivity contribution in [3.05, 3.63) is 12.2 Å². The van der Waals surface area contributed by atoms with Crippen LogP contribution in [0.4, 0.5) is 0 Å². The first-order valence-corrected chi connectivity index (χ1v) is 31.1. The first kappa shape index (κ1) is 67.0. The third-order valence-corrected chi connectivity index (χ3v) is 15.0. The van der Waals surface area contributed by atoms with Crippen LogP contribution in [-0.4, -0.2) is 57.3 Å². The number of unbranched alkanes of at least 4 members (excludes halogenated alkanes) is 47. The third-order valence-electron chi connectivity index (χ3n) is 15.0. The van der Waals surface area contributed by atoms with Crippen molar-refractivity contribution in [1.82, 2.24) is 5.32 Å². The van der Waals surface area contributed by atoms with E-state index in [1.807, 2.05) is 0 Å². The van der Waals surface area contributed by atoms with E-state index in [1.165, 1.54) is 283 Å². The van der Waals surface area contributed by atoms with Crippen LogP contribution in [0.3, 0.4) is 0 Å². The molecule has 68 heavy (non-hydrogen) atoms. The van der Waals surface area contributed by atoms with Gasteiger partial charge in [0.05, 0.1) is 18.8 Å². The fourth-order valence-corrected chi connectivity index (χ4v) is 10.1. The highest BCUT2D eigenvalue weighted by Gasteiger charge is 2.28. The molecule has 0 spiro atoms. The van der Waals surface area contributed by atoms with Gasteiger partial charge >= 0.3 is 0 Å². The minimum absolute atomic E-state index is 0.369. The topological polar surface area (TPSA) is 110 Å². The Bertz CT molecular complexity index is 990. The normalized spacial score (nSPS) is 13.7. The lowest BCUT2D eigenvalue weighted by Crippen LogP contribution is -2.53. The molecule has 0 aromatic rings. The van der Waals surface area contributed by atoms with Crippen LogP contribution in [-0.2, 0) is 4.79 Å². The zero-order valence-corrected chi connectivity index (χ0v) is 46.1. The number of allylic oxidation sites excluding steroid dienone is 2. The molecular formula is C62H123NO5. The van der Waals surface area contributed by atoms with E-state index in [2.05, 4.69) is 31.3 Å². The van der Waals surface area contributed by atoms with Crippen LogP contribution in [0.1, 0.15) is 348 Å². The fraction of sp³-hybridized carbons (Fsp3) is 0.952. The van der Waals surface area contributed by atoms with Crippen molar-refractivity contribution < 1.29 is 25.2 Å². The largest absolute Gasteiger partial charge is 0.394 e. The molecular weight excluding hydrogens is 839 g/mol. The molecule has 0 fully saturated rings. The molecule has 0 aromatic heterocycles. The lowest BCUT2D eigenvalue weighted by atomic mass is 10.00. The summed E-state index contributed by atoms with van der Waals surface area (Å²) in [5.41, 5.74) is 0. The van der Waals surface area contributed by atoms with Crippen molar-refractivity contribution in [1.29, 1.82) is 0 Å². The number of amides is 1. The van der Waals surface area contributed by atoms with Crippen molar-refractivity contribution in [3.8, 4) is 0 Å². The van der Waals surface area contributed by atoms with E-state index in [4.69, 9.17) is 0 Å². The molecule has 0 aliphatic rings. The van der Waals surface area contributed by atoms with E-state index in [1.54, 1.807) is 0 Å². The van der Waals surface area contributed by atoms with Gasteiger partial charge in [-0.15, -0.1) is 0 Å². The summed E-state index contributed by atoms with van der Waals surface area (Å²) >= 11 is 0. The molecule has 0 aliphatic heterocycles. The molecule has 6 heteroatoms. The molecule has 0 aromatic carbocycles. The van der Waals surface area contributed by atoms with E-state index < -0.39 is 36.9 Å². The molecule has 1 amide bonds. The Morgan fingerprint density at radius 2 is 0.603 bits per heavy atom. The fourth-order valence-electron chi connectivity index (χ4n) is 10.1. The summed E-state index contributed by atoms with van der Waals surface area (Å²) in [6.45, 7) is 4.09. The van der Waals surface area contributed by atoms with Crippen LogP contribution < -0.4 is 5.32 Å². The number of nitrogens with one attached hydrogen (secondary N) is 1. The predicted octanol–water partition coefficient (Wildman–Crippen LogP) is 18.4. The van der Waals surface area contributed by atoms with E-state index in [9.17, 15) is 25.2 Å². The Morgan fingerprint density at radius 3 is 0.882 bits per heavy atom. The Balaban J connectivity index is 3.53. The number of aliphatic hydroxyl groups excluding tert-OH is 4. The van der Waals surface area contributed by atoms with Crippen molar-refractivity contribution in [2.45, 2.75) is 372 Å². The molecule has 0 rings (SSSR count). The van der Waals surface area contributed by atoms with Gasteiger partial charge in [-0.3, -0.25) is 4.79 Å². The third kappa shape index (κ3) is 50.0. The van der Waals surface area contributed by atoms with Gasteiger partial charge < -0.3 is 25.7 Å². The Kier molecular flexibility index (Phi) is 56.2. The van der Waals surface area contributed by atoms with E-state index in [0.717, 1.165) is 38.5 Å². The smallest absolute Gasteiger partial charge is 0.249 e. The number of carbonyl (C=O) groups excluding carboxylic acids is 1. The number of aliphatic hydroxyl groups is 4. The highest BCUT2D eigenvalue weighted by atomic mass is 16.3. The summed E-state index contributed by atoms with van der Waals surface area (Å²) in [4.78, 5) is 12.6. The lowest BCUT2D eigenvalue weighted by molar-refractivity contribution is -0.132. The summed E-state index contributed by atoms with van der Waals surface area (Å²) in [5.74, 6) is -0.586. The monoisotopic (exact) mass is 962 g/mol. The highest BCUT2D eigenvalue weighted by molar-refractivity contribution is 5.80. The standard InChI is InChI=1S/C62H123NO5/c1-3-5-7-9-11-13-15-17-19-21-23-24-25-26-27-28-29-30-31-32-33-34-35-36-37-38-40-42-44-46-48-50-52-54-56-60(66)62(68)63-58(57-64)61(67)59(65)55-53-51-49-47-45-43-41-39-22-20-18-16-14-12-10-8-6-4-2/h47,49,58-61,64-67H,3-46,48,50-57H2,1-2H3,(H,63,68)/b49-47+. The zero-order valence-electron chi connectivity index (χ0n) is 46.1. The summed E-state index contributed by atoms with van der Waals surface area (Å²) in [7, 11) is 0. The van der Waals surface area contributed by atoms with Gasteiger partial charge in [0.2, 0.25) is 5.91 Å². The van der Waals surface area contributed by atoms with Crippen molar-refractivity contribution in [2.24, 2.45) is 0 Å². The maximum Gasteiger partial charge on any atom is 0.249 e. The molecule has 0 heterocycles. The van der Waals surface area contributed by atoms with Crippen molar-refractivity contribution in [3.63, 3.8) is 0 Å². The maximum absolute atomic E-state index is 12.6. The minimum atomic E-state index is -1.28. The van der Waals surface area contributed by atoms with Crippen LogP contribution in [0.15, 0.2) is 12.2 Å². The summed E-state index contributed by atoms with van der Waals surface area (Å²) in [6.07, 6.45) is 68.9. The van der Waals surface area contributed by atoms with Gasteiger partial charge in [-0.2, -0.15) is 0 Å². The average molecular weight is 963 g/mol. The van der Waals surface area contributed by atoms with Crippen molar-refractivity contribution in [2.75, 3.05) is 6.61 Å². The SMILES string of the molecule is CCCCCCCCCCCCCCC/C=C/CCCC(O)C(O)C(CO)NC(=O)C(O)CCCCCCCCCCCCCCCCCCCCCCCCCCCCCCCCCCCC. The Morgan fingerprint density at radius 1 is 0.353 bits per heavy atom. The van der Waals surface area contributed by atoms with E-state index >= 15 is 0 Å². The van der Waals surface area contributed by atoms with Gasteiger partial charge in [-0.1, -0.05) is 321 Å². The van der Waals surface area contributed by atoms with Crippen LogP contribution in [0.5, 0.6) is 0 Å². The lowest BCUT2D eigenvalue weighted by Gasteiger charge is -2.27. The molecule has 6 nitrogen and oxygen atoms in total. The van der Waals surface area contributed by atoms with Gasteiger partial charge in [-0.05, 0) is 38.5 Å². The summed E-state index contributed by atoms with van der Waals surface area (Å²) in [6, 6.07) is -0.999. The van der Waals surface area contributed by atoms with Gasteiger partial charge in [-0.25, -0.2) is 0 Å². The molecule has 0 bridgehead atoms.